The minimum absolute atomic E-state index is 0.130. The lowest BCUT2D eigenvalue weighted by Crippen LogP contribution is -2.26. The number of methoxy groups -OCH3 is 1. The molecule has 8 heteroatoms. The standard InChI is InChI=1S/C22H21FN2O4S/c1-25(15-16-10-12-18(29-2)13-11-16)22(26)17-6-5-7-19(14-17)30(27,28)24-21-9-4-3-8-20(21)23/h3-14,24H,15H2,1-2H3. The van der Waals surface area contributed by atoms with Crippen LogP contribution in [-0.2, 0) is 16.6 Å². The van der Waals surface area contributed by atoms with Crippen molar-refractivity contribution in [3.63, 3.8) is 0 Å². The van der Waals surface area contributed by atoms with Crippen LogP contribution in [0.15, 0.2) is 77.7 Å². The number of carbonyl (C=O) groups excluding carboxylic acids is 1. The maximum Gasteiger partial charge on any atom is 0.262 e. The molecule has 0 bridgehead atoms. The fourth-order valence-electron chi connectivity index (χ4n) is 2.84. The number of benzene rings is 3. The van der Waals surface area contributed by atoms with Crippen LogP contribution in [0.1, 0.15) is 15.9 Å². The third kappa shape index (κ3) is 4.96. The Hall–Kier alpha value is -3.39. The van der Waals surface area contributed by atoms with E-state index in [9.17, 15) is 17.6 Å². The Balaban J connectivity index is 1.77. The zero-order valence-electron chi connectivity index (χ0n) is 16.5. The topological polar surface area (TPSA) is 75.7 Å². The highest BCUT2D eigenvalue weighted by Gasteiger charge is 2.19. The molecule has 0 aliphatic heterocycles. The highest BCUT2D eigenvalue weighted by Crippen LogP contribution is 2.20. The first-order chi connectivity index (χ1) is 14.3. The van der Waals surface area contributed by atoms with Gasteiger partial charge in [-0.15, -0.1) is 0 Å². The van der Waals surface area contributed by atoms with Gasteiger partial charge in [0.1, 0.15) is 11.6 Å². The predicted molar refractivity (Wildman–Crippen MR) is 112 cm³/mol. The van der Waals surface area contributed by atoms with E-state index < -0.39 is 15.8 Å². The zero-order chi connectivity index (χ0) is 21.7. The second-order valence-electron chi connectivity index (χ2n) is 6.62. The molecule has 0 unspecified atom stereocenters. The van der Waals surface area contributed by atoms with Gasteiger partial charge in [-0.3, -0.25) is 9.52 Å². The lowest BCUT2D eigenvalue weighted by molar-refractivity contribution is 0.0785. The first kappa shape index (κ1) is 21.3. The van der Waals surface area contributed by atoms with Crippen molar-refractivity contribution in [2.45, 2.75) is 11.4 Å². The van der Waals surface area contributed by atoms with E-state index in [1.807, 2.05) is 12.1 Å². The summed E-state index contributed by atoms with van der Waals surface area (Å²) in [4.78, 5) is 14.1. The molecule has 0 aliphatic rings. The SMILES string of the molecule is COc1ccc(CN(C)C(=O)c2cccc(S(=O)(=O)Nc3ccccc3F)c2)cc1. The summed E-state index contributed by atoms with van der Waals surface area (Å²) in [5.41, 5.74) is 0.949. The van der Waals surface area contributed by atoms with E-state index in [1.165, 1.54) is 47.4 Å². The number of ether oxygens (including phenoxy) is 1. The van der Waals surface area contributed by atoms with Crippen LogP contribution in [0.3, 0.4) is 0 Å². The molecule has 0 fully saturated rings. The van der Waals surface area contributed by atoms with Gasteiger partial charge in [0.25, 0.3) is 15.9 Å². The second kappa shape index (κ2) is 8.96. The van der Waals surface area contributed by atoms with Gasteiger partial charge in [0.05, 0.1) is 17.7 Å². The van der Waals surface area contributed by atoms with E-state index in [2.05, 4.69) is 4.72 Å². The van der Waals surface area contributed by atoms with Crippen molar-refractivity contribution < 1.29 is 22.3 Å². The summed E-state index contributed by atoms with van der Waals surface area (Å²) in [6.07, 6.45) is 0. The number of anilines is 1. The number of hydrogen-bond acceptors (Lipinski definition) is 4. The number of halogens is 1. The third-order valence-electron chi connectivity index (χ3n) is 4.43. The van der Waals surface area contributed by atoms with Crippen molar-refractivity contribution in [3.8, 4) is 5.75 Å². The summed E-state index contributed by atoms with van der Waals surface area (Å²) < 4.78 is 46.4. The molecular weight excluding hydrogens is 407 g/mol. The van der Waals surface area contributed by atoms with Crippen LogP contribution >= 0.6 is 0 Å². The molecule has 0 heterocycles. The van der Waals surface area contributed by atoms with Crippen LogP contribution < -0.4 is 9.46 Å². The Morgan fingerprint density at radius 3 is 2.40 bits per heavy atom. The molecule has 1 N–H and O–H groups in total. The Kier molecular flexibility index (Phi) is 6.37. The van der Waals surface area contributed by atoms with Gasteiger partial charge in [-0.05, 0) is 48.0 Å². The minimum atomic E-state index is -4.06. The summed E-state index contributed by atoms with van der Waals surface area (Å²) in [7, 11) is -0.852. The Morgan fingerprint density at radius 1 is 1.03 bits per heavy atom. The van der Waals surface area contributed by atoms with Crippen molar-refractivity contribution >= 4 is 21.6 Å². The molecule has 0 radical (unpaired) electrons. The number of hydrogen-bond donors (Lipinski definition) is 1. The summed E-state index contributed by atoms with van der Waals surface area (Å²) in [6.45, 7) is 0.341. The van der Waals surface area contributed by atoms with Gasteiger partial charge in [-0.2, -0.15) is 0 Å². The predicted octanol–water partition coefficient (Wildman–Crippen LogP) is 3.91. The number of para-hydroxylation sites is 1. The lowest BCUT2D eigenvalue weighted by atomic mass is 10.1. The fourth-order valence-corrected chi connectivity index (χ4v) is 3.95. The van der Waals surface area contributed by atoms with Crippen molar-refractivity contribution in [1.29, 1.82) is 0 Å². The van der Waals surface area contributed by atoms with E-state index in [0.717, 1.165) is 11.6 Å². The quantitative estimate of drug-likeness (QED) is 0.619. The Morgan fingerprint density at radius 2 is 1.73 bits per heavy atom. The normalized spacial score (nSPS) is 11.0. The molecule has 0 saturated heterocycles. The van der Waals surface area contributed by atoms with Gasteiger partial charge in [0, 0.05) is 19.2 Å². The van der Waals surface area contributed by atoms with E-state index in [0.29, 0.717) is 12.3 Å². The minimum Gasteiger partial charge on any atom is -0.497 e. The molecule has 3 rings (SSSR count). The van der Waals surface area contributed by atoms with E-state index in [-0.39, 0.29) is 22.1 Å². The number of rotatable bonds is 7. The van der Waals surface area contributed by atoms with Gasteiger partial charge in [-0.25, -0.2) is 12.8 Å². The van der Waals surface area contributed by atoms with E-state index >= 15 is 0 Å². The maximum atomic E-state index is 13.8. The smallest absolute Gasteiger partial charge is 0.262 e. The first-order valence-corrected chi connectivity index (χ1v) is 10.5. The first-order valence-electron chi connectivity index (χ1n) is 9.06. The average Bonchev–Trinajstić information content (AvgIpc) is 2.75. The number of carbonyl (C=O) groups is 1. The molecular formula is C22H21FN2O4S. The van der Waals surface area contributed by atoms with Gasteiger partial charge < -0.3 is 9.64 Å². The monoisotopic (exact) mass is 428 g/mol. The van der Waals surface area contributed by atoms with Crippen LogP contribution in [0.25, 0.3) is 0 Å². The Bertz CT molecular complexity index is 1150. The molecule has 30 heavy (non-hydrogen) atoms. The van der Waals surface area contributed by atoms with Crippen LogP contribution in [-0.4, -0.2) is 33.4 Å². The highest BCUT2D eigenvalue weighted by atomic mass is 32.2. The molecule has 156 valence electrons. The highest BCUT2D eigenvalue weighted by molar-refractivity contribution is 7.92. The fraction of sp³-hybridized carbons (Fsp3) is 0.136. The van der Waals surface area contributed by atoms with E-state index in [4.69, 9.17) is 4.74 Å². The average molecular weight is 428 g/mol. The number of nitrogens with one attached hydrogen (secondary N) is 1. The Labute approximate surface area is 175 Å². The lowest BCUT2D eigenvalue weighted by Gasteiger charge is -2.18. The van der Waals surface area contributed by atoms with Crippen molar-refractivity contribution in [1.82, 2.24) is 4.90 Å². The van der Waals surface area contributed by atoms with Gasteiger partial charge in [-0.1, -0.05) is 30.3 Å². The van der Waals surface area contributed by atoms with Crippen LogP contribution in [0.2, 0.25) is 0 Å². The molecule has 1 amide bonds. The summed E-state index contributed by atoms with van der Waals surface area (Å²) in [5.74, 6) is -0.311. The number of nitrogens with zero attached hydrogens (tertiary/aromatic N) is 1. The molecule has 0 saturated carbocycles. The molecule has 6 nitrogen and oxygen atoms in total. The molecule has 0 spiro atoms. The van der Waals surface area contributed by atoms with Crippen LogP contribution in [0, 0.1) is 5.82 Å². The van der Waals surface area contributed by atoms with Crippen LogP contribution in [0.5, 0.6) is 5.75 Å². The summed E-state index contributed by atoms with van der Waals surface area (Å²) in [5, 5.41) is 0. The number of amides is 1. The molecule has 3 aromatic rings. The molecule has 3 aromatic carbocycles. The summed E-state index contributed by atoms with van der Waals surface area (Å²) in [6, 6.07) is 18.4. The van der Waals surface area contributed by atoms with Gasteiger partial charge in [0.15, 0.2) is 0 Å². The third-order valence-corrected chi connectivity index (χ3v) is 5.80. The van der Waals surface area contributed by atoms with Crippen molar-refractivity contribution in [2.75, 3.05) is 18.9 Å². The van der Waals surface area contributed by atoms with E-state index in [1.54, 1.807) is 26.3 Å². The van der Waals surface area contributed by atoms with Gasteiger partial charge >= 0.3 is 0 Å². The van der Waals surface area contributed by atoms with Crippen LogP contribution in [0.4, 0.5) is 10.1 Å². The molecule has 0 aromatic heterocycles. The second-order valence-corrected chi connectivity index (χ2v) is 8.30. The van der Waals surface area contributed by atoms with Crippen molar-refractivity contribution in [3.05, 3.63) is 89.7 Å². The maximum absolute atomic E-state index is 13.8. The molecule has 0 atom stereocenters. The zero-order valence-corrected chi connectivity index (χ0v) is 17.3. The number of sulfonamides is 1. The van der Waals surface area contributed by atoms with Gasteiger partial charge in [0.2, 0.25) is 0 Å². The van der Waals surface area contributed by atoms with Crippen molar-refractivity contribution in [2.24, 2.45) is 0 Å². The molecule has 0 aliphatic carbocycles. The summed E-state index contributed by atoms with van der Waals surface area (Å²) >= 11 is 0. The largest absolute Gasteiger partial charge is 0.497 e.